The maximum Gasteiger partial charge on any atom is 0.0554 e. The first-order chi connectivity index (χ1) is 7.22. The van der Waals surface area contributed by atoms with E-state index in [1.807, 2.05) is 11.8 Å². The van der Waals surface area contributed by atoms with Crippen molar-refractivity contribution >= 4 is 11.8 Å². The van der Waals surface area contributed by atoms with Crippen molar-refractivity contribution in [3.63, 3.8) is 0 Å². The Morgan fingerprint density at radius 1 is 1.27 bits per heavy atom. The minimum absolute atomic E-state index is 0.427. The smallest absolute Gasteiger partial charge is 0.0554 e. The predicted molar refractivity (Wildman–Crippen MR) is 66.5 cm³/mol. The van der Waals surface area contributed by atoms with Gasteiger partial charge in [-0.15, -0.1) is 0 Å². The molecule has 0 aromatic heterocycles. The normalized spacial score (nSPS) is 34.8. The van der Waals surface area contributed by atoms with Gasteiger partial charge in [0.1, 0.15) is 0 Å². The molecule has 1 saturated carbocycles. The van der Waals surface area contributed by atoms with E-state index in [9.17, 15) is 0 Å². The first-order valence-electron chi connectivity index (χ1n) is 6.06. The molecule has 0 spiro atoms. The fourth-order valence-corrected chi connectivity index (χ4v) is 3.19. The van der Waals surface area contributed by atoms with E-state index in [0.717, 1.165) is 31.1 Å². The molecule has 0 radical (unpaired) electrons. The van der Waals surface area contributed by atoms with Crippen molar-refractivity contribution in [2.45, 2.75) is 43.9 Å². The first-order valence-corrected chi connectivity index (χ1v) is 7.35. The van der Waals surface area contributed by atoms with Crippen LogP contribution < -0.4 is 5.32 Å². The second kappa shape index (κ2) is 5.07. The molecular formula is C12H23NOS. The third-order valence-electron chi connectivity index (χ3n) is 3.73. The van der Waals surface area contributed by atoms with Gasteiger partial charge in [-0.05, 0) is 31.9 Å². The van der Waals surface area contributed by atoms with Crippen molar-refractivity contribution in [2.75, 3.05) is 26.0 Å². The third kappa shape index (κ3) is 3.11. The molecule has 0 aromatic carbocycles. The Labute approximate surface area is 97.5 Å². The van der Waals surface area contributed by atoms with Crippen molar-refractivity contribution in [2.24, 2.45) is 5.41 Å². The highest BCUT2D eigenvalue weighted by Crippen LogP contribution is 2.29. The quantitative estimate of drug-likeness (QED) is 0.799. The number of nitrogens with one attached hydrogen (secondary N) is 1. The number of ether oxygens (including phenoxy) is 1. The van der Waals surface area contributed by atoms with Crippen LogP contribution in [0.1, 0.15) is 32.6 Å². The molecule has 0 unspecified atom stereocenters. The van der Waals surface area contributed by atoms with Crippen LogP contribution in [0.15, 0.2) is 0 Å². The molecular weight excluding hydrogens is 206 g/mol. The maximum absolute atomic E-state index is 5.27. The summed E-state index contributed by atoms with van der Waals surface area (Å²) in [5.74, 6) is 0. The molecule has 1 aliphatic carbocycles. The van der Waals surface area contributed by atoms with Gasteiger partial charge in [0, 0.05) is 23.3 Å². The number of rotatable bonds is 4. The fraction of sp³-hybridized carbons (Fsp3) is 1.00. The van der Waals surface area contributed by atoms with Gasteiger partial charge in [-0.3, -0.25) is 0 Å². The van der Waals surface area contributed by atoms with E-state index in [2.05, 4.69) is 18.5 Å². The van der Waals surface area contributed by atoms with Crippen LogP contribution in [-0.4, -0.2) is 37.3 Å². The molecule has 1 saturated heterocycles. The predicted octanol–water partition coefficient (Wildman–Crippen LogP) is 2.29. The summed E-state index contributed by atoms with van der Waals surface area (Å²) in [5.41, 5.74) is 0.427. The van der Waals surface area contributed by atoms with Crippen molar-refractivity contribution in [3.8, 4) is 0 Å². The third-order valence-corrected chi connectivity index (χ3v) is 4.86. The van der Waals surface area contributed by atoms with Crippen LogP contribution in [0.25, 0.3) is 0 Å². The number of thioether (sulfide) groups is 1. The van der Waals surface area contributed by atoms with Crippen molar-refractivity contribution < 1.29 is 4.74 Å². The van der Waals surface area contributed by atoms with Gasteiger partial charge >= 0.3 is 0 Å². The molecule has 2 nitrogen and oxygen atoms in total. The highest BCUT2D eigenvalue weighted by atomic mass is 32.2. The van der Waals surface area contributed by atoms with Crippen LogP contribution in [0.3, 0.4) is 0 Å². The molecule has 2 rings (SSSR count). The molecule has 0 bridgehead atoms. The second-order valence-electron chi connectivity index (χ2n) is 5.39. The molecule has 88 valence electrons. The van der Waals surface area contributed by atoms with E-state index >= 15 is 0 Å². The van der Waals surface area contributed by atoms with Crippen molar-refractivity contribution in [3.05, 3.63) is 0 Å². The molecule has 2 aliphatic rings. The lowest BCUT2D eigenvalue weighted by atomic mass is 9.87. The summed E-state index contributed by atoms with van der Waals surface area (Å²) < 4.78 is 5.27. The summed E-state index contributed by atoms with van der Waals surface area (Å²) in [7, 11) is 0. The summed E-state index contributed by atoms with van der Waals surface area (Å²) in [4.78, 5) is 0. The highest BCUT2D eigenvalue weighted by Gasteiger charge is 2.33. The monoisotopic (exact) mass is 229 g/mol. The van der Waals surface area contributed by atoms with Gasteiger partial charge in [0.2, 0.25) is 0 Å². The highest BCUT2D eigenvalue weighted by molar-refractivity contribution is 7.99. The molecule has 3 heteroatoms. The lowest BCUT2D eigenvalue weighted by Gasteiger charge is -2.40. The zero-order valence-electron chi connectivity index (χ0n) is 9.92. The van der Waals surface area contributed by atoms with E-state index in [1.54, 1.807) is 0 Å². The standard InChI is InChI=1S/C12H23NOS/c1-12(8-14-9-12)7-13-10-3-5-11(15-2)6-4-10/h10-11,13H,3-9H2,1-2H3. The number of hydrogen-bond donors (Lipinski definition) is 1. The van der Waals surface area contributed by atoms with Crippen molar-refractivity contribution in [1.29, 1.82) is 0 Å². The Hall–Kier alpha value is 0.270. The SMILES string of the molecule is CSC1CCC(NCC2(C)COC2)CC1. The van der Waals surface area contributed by atoms with Gasteiger partial charge in [-0.1, -0.05) is 6.92 Å². The molecule has 0 amide bonds. The topological polar surface area (TPSA) is 21.3 Å². The van der Waals surface area contributed by atoms with Crippen molar-refractivity contribution in [1.82, 2.24) is 5.32 Å². The van der Waals surface area contributed by atoms with E-state index in [0.29, 0.717) is 5.41 Å². The summed E-state index contributed by atoms with van der Waals surface area (Å²) in [6.45, 7) is 5.35. The van der Waals surface area contributed by atoms with E-state index in [4.69, 9.17) is 4.74 Å². The summed E-state index contributed by atoms with van der Waals surface area (Å²) in [5, 5.41) is 4.64. The Bertz CT molecular complexity index is 198. The van der Waals surface area contributed by atoms with Gasteiger partial charge in [0.15, 0.2) is 0 Å². The Morgan fingerprint density at radius 3 is 2.40 bits per heavy atom. The first kappa shape index (κ1) is 11.7. The molecule has 1 heterocycles. The molecule has 2 fully saturated rings. The largest absolute Gasteiger partial charge is 0.380 e. The lowest BCUT2D eigenvalue weighted by molar-refractivity contribution is -0.100. The van der Waals surface area contributed by atoms with Crippen LogP contribution in [0, 0.1) is 5.41 Å². The molecule has 1 N–H and O–H groups in total. The van der Waals surface area contributed by atoms with E-state index in [-0.39, 0.29) is 0 Å². The minimum atomic E-state index is 0.427. The van der Waals surface area contributed by atoms with Crippen LogP contribution in [-0.2, 0) is 4.74 Å². The zero-order valence-corrected chi connectivity index (χ0v) is 10.7. The van der Waals surface area contributed by atoms with E-state index < -0.39 is 0 Å². The molecule has 0 atom stereocenters. The van der Waals surface area contributed by atoms with E-state index in [1.165, 1.54) is 25.7 Å². The van der Waals surface area contributed by atoms with Crippen LogP contribution in [0.2, 0.25) is 0 Å². The second-order valence-corrected chi connectivity index (χ2v) is 6.53. The van der Waals surface area contributed by atoms with Gasteiger partial charge < -0.3 is 10.1 Å². The van der Waals surface area contributed by atoms with Gasteiger partial charge in [-0.2, -0.15) is 11.8 Å². The van der Waals surface area contributed by atoms with Gasteiger partial charge in [0.25, 0.3) is 0 Å². The summed E-state index contributed by atoms with van der Waals surface area (Å²) in [6, 6.07) is 0.769. The number of hydrogen-bond acceptors (Lipinski definition) is 3. The summed E-state index contributed by atoms with van der Waals surface area (Å²) >= 11 is 2.04. The Kier molecular flexibility index (Phi) is 3.97. The van der Waals surface area contributed by atoms with Crippen LogP contribution in [0.5, 0.6) is 0 Å². The molecule has 0 aromatic rings. The minimum Gasteiger partial charge on any atom is -0.380 e. The average Bonchev–Trinajstić information content (AvgIpc) is 2.24. The fourth-order valence-electron chi connectivity index (χ4n) is 2.45. The lowest BCUT2D eigenvalue weighted by Crippen LogP contribution is -2.50. The summed E-state index contributed by atoms with van der Waals surface area (Å²) in [6.07, 6.45) is 7.76. The van der Waals surface area contributed by atoms with Crippen LogP contribution in [0.4, 0.5) is 0 Å². The molecule has 1 aliphatic heterocycles. The average molecular weight is 229 g/mol. The van der Waals surface area contributed by atoms with Crippen LogP contribution >= 0.6 is 11.8 Å². The van der Waals surface area contributed by atoms with Gasteiger partial charge in [-0.25, -0.2) is 0 Å². The van der Waals surface area contributed by atoms with Gasteiger partial charge in [0.05, 0.1) is 13.2 Å². The maximum atomic E-state index is 5.27. The Morgan fingerprint density at radius 2 is 1.93 bits per heavy atom. The zero-order chi connectivity index (χ0) is 10.7. The Balaban J connectivity index is 1.64. The molecule has 15 heavy (non-hydrogen) atoms.